The van der Waals surface area contributed by atoms with Gasteiger partial charge in [-0.3, -0.25) is 4.79 Å². The SMILES string of the molecule is CC1CN(S(=O)(=O)N2CCN(S(=O)(=O)CC34CCC(CC3=O)C4(C)C)CC2)CC(C)O1. The fourth-order valence-corrected chi connectivity index (χ4v) is 10.1. The van der Waals surface area contributed by atoms with Crippen LogP contribution < -0.4 is 0 Å². The molecule has 2 heterocycles. The Balaban J connectivity index is 1.43. The molecular weight excluding hydrogens is 442 g/mol. The molecule has 0 radical (unpaired) electrons. The van der Waals surface area contributed by atoms with Crippen LogP contribution in [-0.4, -0.2) is 92.8 Å². The summed E-state index contributed by atoms with van der Waals surface area (Å²) in [6, 6.07) is 0. The van der Waals surface area contributed by atoms with Crippen LogP contribution in [0.5, 0.6) is 0 Å². The third-order valence-corrected chi connectivity index (χ3v) is 12.2. The molecular formula is C20H35N3O6S2. The van der Waals surface area contributed by atoms with Gasteiger partial charge in [0.15, 0.2) is 0 Å². The maximum absolute atomic E-state index is 13.3. The molecule has 4 unspecified atom stereocenters. The standard InChI is InChI=1S/C20H35N3O6S2/c1-15-12-23(13-16(2)29-15)31(27,28)22-9-7-21(8-10-22)30(25,26)14-20-6-5-17(11-18(20)24)19(20,3)4/h15-17H,5-14H2,1-4H3. The second-order valence-corrected chi connectivity index (χ2v) is 14.2. The Hall–Kier alpha value is -0.590. The third kappa shape index (κ3) is 3.78. The van der Waals surface area contributed by atoms with Crippen molar-refractivity contribution >= 4 is 26.0 Å². The van der Waals surface area contributed by atoms with Crippen LogP contribution in [0.1, 0.15) is 47.0 Å². The second kappa shape index (κ2) is 7.73. The summed E-state index contributed by atoms with van der Waals surface area (Å²) < 4.78 is 62.6. The maximum Gasteiger partial charge on any atom is 0.282 e. The van der Waals surface area contributed by atoms with Gasteiger partial charge in [-0.05, 0) is 38.0 Å². The molecule has 11 heteroatoms. The number of morpholine rings is 1. The van der Waals surface area contributed by atoms with Crippen LogP contribution in [-0.2, 0) is 29.8 Å². The van der Waals surface area contributed by atoms with E-state index in [4.69, 9.17) is 4.74 Å². The lowest BCUT2D eigenvalue weighted by atomic mass is 9.70. The number of sulfonamides is 1. The van der Waals surface area contributed by atoms with Crippen molar-refractivity contribution in [3.05, 3.63) is 0 Å². The molecule has 31 heavy (non-hydrogen) atoms. The summed E-state index contributed by atoms with van der Waals surface area (Å²) in [5.41, 5.74) is -1.12. The van der Waals surface area contributed by atoms with Gasteiger partial charge in [-0.15, -0.1) is 0 Å². The van der Waals surface area contributed by atoms with Gasteiger partial charge in [0, 0.05) is 51.1 Å². The van der Waals surface area contributed by atoms with Crippen molar-refractivity contribution in [3.63, 3.8) is 0 Å². The minimum atomic E-state index is -3.67. The lowest BCUT2D eigenvalue weighted by molar-refractivity contribution is -0.128. The largest absolute Gasteiger partial charge is 0.373 e. The van der Waals surface area contributed by atoms with Gasteiger partial charge in [-0.2, -0.15) is 21.3 Å². The molecule has 4 rings (SSSR count). The van der Waals surface area contributed by atoms with Gasteiger partial charge < -0.3 is 4.74 Å². The van der Waals surface area contributed by atoms with Crippen LogP contribution in [0.15, 0.2) is 0 Å². The minimum Gasteiger partial charge on any atom is -0.373 e. The zero-order valence-electron chi connectivity index (χ0n) is 18.9. The molecule has 0 N–H and O–H groups in total. The summed E-state index contributed by atoms with van der Waals surface area (Å²) in [5.74, 6) is 0.178. The van der Waals surface area contributed by atoms with Crippen LogP contribution >= 0.6 is 0 Å². The fourth-order valence-electron chi connectivity index (χ4n) is 6.17. The zero-order chi connectivity index (χ0) is 22.8. The van der Waals surface area contributed by atoms with Crippen molar-refractivity contribution in [2.45, 2.75) is 59.2 Å². The summed E-state index contributed by atoms with van der Waals surface area (Å²) in [6.07, 6.45) is 1.65. The van der Waals surface area contributed by atoms with E-state index in [0.29, 0.717) is 25.9 Å². The molecule has 0 aromatic rings. The van der Waals surface area contributed by atoms with Crippen molar-refractivity contribution in [2.75, 3.05) is 45.0 Å². The number of ketones is 1. The van der Waals surface area contributed by atoms with Crippen LogP contribution in [0.3, 0.4) is 0 Å². The van der Waals surface area contributed by atoms with Gasteiger partial charge in [0.05, 0.1) is 18.0 Å². The van der Waals surface area contributed by atoms with E-state index in [1.807, 2.05) is 27.7 Å². The van der Waals surface area contributed by atoms with E-state index in [-0.39, 0.29) is 61.3 Å². The number of hydrogen-bond donors (Lipinski definition) is 0. The second-order valence-electron chi connectivity index (χ2n) is 10.3. The van der Waals surface area contributed by atoms with Gasteiger partial charge in [0.1, 0.15) is 5.78 Å². The Morgan fingerprint density at radius 3 is 1.97 bits per heavy atom. The lowest BCUT2D eigenvalue weighted by Gasteiger charge is -2.41. The van der Waals surface area contributed by atoms with Crippen molar-refractivity contribution in [3.8, 4) is 0 Å². The monoisotopic (exact) mass is 477 g/mol. The molecule has 0 amide bonds. The molecule has 4 fully saturated rings. The number of hydrogen-bond acceptors (Lipinski definition) is 6. The lowest BCUT2D eigenvalue weighted by Crippen LogP contribution is -2.58. The Morgan fingerprint density at radius 2 is 1.48 bits per heavy atom. The summed E-state index contributed by atoms with van der Waals surface area (Å²) in [6.45, 7) is 8.82. The van der Waals surface area contributed by atoms with E-state index >= 15 is 0 Å². The van der Waals surface area contributed by atoms with E-state index in [1.54, 1.807) is 0 Å². The van der Waals surface area contributed by atoms with Gasteiger partial charge in [0.25, 0.3) is 10.2 Å². The minimum absolute atomic E-state index is 0.0779. The molecule has 2 saturated carbocycles. The summed E-state index contributed by atoms with van der Waals surface area (Å²) >= 11 is 0. The highest BCUT2D eigenvalue weighted by Gasteiger charge is 2.65. The maximum atomic E-state index is 13.3. The molecule has 0 spiro atoms. The predicted octanol–water partition coefficient (Wildman–Crippen LogP) is 0.683. The predicted molar refractivity (Wildman–Crippen MR) is 116 cm³/mol. The zero-order valence-corrected chi connectivity index (χ0v) is 20.5. The van der Waals surface area contributed by atoms with Crippen molar-refractivity contribution in [1.29, 1.82) is 0 Å². The highest BCUT2D eigenvalue weighted by Crippen LogP contribution is 2.64. The number of rotatable bonds is 5. The molecule has 9 nitrogen and oxygen atoms in total. The van der Waals surface area contributed by atoms with E-state index in [1.165, 1.54) is 12.9 Å². The normalized spacial score (nSPS) is 38.1. The van der Waals surface area contributed by atoms with Crippen molar-refractivity contribution in [1.82, 2.24) is 12.9 Å². The first-order valence-electron chi connectivity index (χ1n) is 11.2. The average Bonchev–Trinajstić information content (AvgIpc) is 3.01. The first kappa shape index (κ1) is 23.6. The molecule has 0 aromatic heterocycles. The van der Waals surface area contributed by atoms with Gasteiger partial charge >= 0.3 is 0 Å². The van der Waals surface area contributed by atoms with E-state index < -0.39 is 25.6 Å². The van der Waals surface area contributed by atoms with Gasteiger partial charge in [-0.25, -0.2) is 8.42 Å². The number of carbonyl (C=O) groups excluding carboxylic acids is 1. The molecule has 2 aliphatic heterocycles. The van der Waals surface area contributed by atoms with E-state index in [2.05, 4.69) is 0 Å². The Morgan fingerprint density at radius 1 is 0.935 bits per heavy atom. The number of nitrogens with zero attached hydrogens (tertiary/aromatic N) is 3. The molecule has 4 aliphatic rings. The Labute approximate surface area is 186 Å². The number of fused-ring (bicyclic) bond motifs is 2. The highest BCUT2D eigenvalue weighted by atomic mass is 32.2. The third-order valence-electron chi connectivity index (χ3n) is 8.20. The average molecular weight is 478 g/mol. The van der Waals surface area contributed by atoms with Gasteiger partial charge in [-0.1, -0.05) is 13.8 Å². The smallest absolute Gasteiger partial charge is 0.282 e. The fraction of sp³-hybridized carbons (Fsp3) is 0.950. The molecule has 178 valence electrons. The van der Waals surface area contributed by atoms with Crippen molar-refractivity contribution < 1.29 is 26.4 Å². The van der Waals surface area contributed by atoms with Crippen LogP contribution in [0.2, 0.25) is 0 Å². The van der Waals surface area contributed by atoms with Crippen LogP contribution in [0.25, 0.3) is 0 Å². The van der Waals surface area contributed by atoms with Crippen LogP contribution in [0.4, 0.5) is 0 Å². The highest BCUT2D eigenvalue weighted by molar-refractivity contribution is 7.89. The van der Waals surface area contributed by atoms with Crippen LogP contribution in [0, 0.1) is 16.7 Å². The number of carbonyl (C=O) groups is 1. The Bertz CT molecular complexity index is 932. The number of ether oxygens (including phenoxy) is 1. The molecule has 4 atom stereocenters. The number of Topliss-reactive ketones (excluding diaryl/α,β-unsaturated/α-hetero) is 1. The number of piperazine rings is 1. The summed E-state index contributed by atoms with van der Waals surface area (Å²) in [7, 11) is -7.34. The van der Waals surface area contributed by atoms with Crippen molar-refractivity contribution in [2.24, 2.45) is 16.7 Å². The first-order chi connectivity index (χ1) is 14.3. The first-order valence-corrected chi connectivity index (χ1v) is 14.2. The quantitative estimate of drug-likeness (QED) is 0.577. The molecule has 2 saturated heterocycles. The van der Waals surface area contributed by atoms with E-state index in [9.17, 15) is 21.6 Å². The van der Waals surface area contributed by atoms with Gasteiger partial charge in [0.2, 0.25) is 10.0 Å². The van der Waals surface area contributed by atoms with E-state index in [0.717, 1.165) is 6.42 Å². The molecule has 2 bridgehead atoms. The Kier molecular flexibility index (Phi) is 5.88. The summed E-state index contributed by atoms with van der Waals surface area (Å²) in [4.78, 5) is 12.8. The topological polar surface area (TPSA) is 104 Å². The summed E-state index contributed by atoms with van der Waals surface area (Å²) in [5, 5.41) is 0. The molecule has 2 aliphatic carbocycles. The molecule has 0 aromatic carbocycles.